The number of carbonyl (C=O) groups excluding carboxylic acids is 1. The number of hydrogen-bond donors (Lipinski definition) is 1. The third kappa shape index (κ3) is 9.65. The number of carbonyl (C=O) groups is 1. The maximum absolute atomic E-state index is 12.6. The van der Waals surface area contributed by atoms with Crippen LogP contribution in [0, 0.1) is 0 Å². The summed E-state index contributed by atoms with van der Waals surface area (Å²) in [5.41, 5.74) is 2.98. The third-order valence-corrected chi connectivity index (χ3v) is 6.71. The van der Waals surface area contributed by atoms with Gasteiger partial charge >= 0.3 is 6.09 Å². The SMILES string of the molecule is CCCCCCCCc1ccc(CCC2(NC(=O)OCc3ccccc3)COC(C)(C)OC2)cc1. The Hall–Kier alpha value is -2.37. The zero-order valence-electron chi connectivity index (χ0n) is 21.8. The van der Waals surface area contributed by atoms with Crippen LogP contribution in [0.4, 0.5) is 4.79 Å². The van der Waals surface area contributed by atoms with Crippen LogP contribution in [-0.4, -0.2) is 30.6 Å². The number of ether oxygens (including phenoxy) is 3. The van der Waals surface area contributed by atoms with E-state index in [1.165, 1.54) is 49.7 Å². The summed E-state index contributed by atoms with van der Waals surface area (Å²) in [5, 5.41) is 3.06. The average molecular weight is 482 g/mol. The van der Waals surface area contributed by atoms with E-state index in [4.69, 9.17) is 14.2 Å². The third-order valence-electron chi connectivity index (χ3n) is 6.71. The first-order valence-electron chi connectivity index (χ1n) is 13.2. The summed E-state index contributed by atoms with van der Waals surface area (Å²) in [4.78, 5) is 12.6. The molecule has 35 heavy (non-hydrogen) atoms. The molecule has 0 unspecified atom stereocenters. The van der Waals surface area contributed by atoms with Crippen LogP contribution in [0.1, 0.15) is 82.4 Å². The van der Waals surface area contributed by atoms with Gasteiger partial charge in [-0.1, -0.05) is 93.6 Å². The summed E-state index contributed by atoms with van der Waals surface area (Å²) in [7, 11) is 0. The molecule has 192 valence electrons. The Bertz CT molecular complexity index is 869. The highest BCUT2D eigenvalue weighted by Gasteiger charge is 2.41. The Labute approximate surface area is 211 Å². The number of hydrogen-bond acceptors (Lipinski definition) is 4. The van der Waals surface area contributed by atoms with Gasteiger partial charge < -0.3 is 19.5 Å². The molecule has 1 saturated heterocycles. The maximum Gasteiger partial charge on any atom is 0.408 e. The second kappa shape index (κ2) is 13.6. The molecule has 1 N–H and O–H groups in total. The topological polar surface area (TPSA) is 56.8 Å². The molecule has 1 fully saturated rings. The first-order chi connectivity index (χ1) is 16.9. The van der Waals surface area contributed by atoms with E-state index in [0.717, 1.165) is 18.4 Å². The van der Waals surface area contributed by atoms with E-state index in [1.54, 1.807) is 0 Å². The molecule has 0 atom stereocenters. The number of rotatable bonds is 13. The van der Waals surface area contributed by atoms with Crippen molar-refractivity contribution in [3.8, 4) is 0 Å². The molecule has 1 amide bonds. The molecule has 1 aliphatic rings. The number of amides is 1. The molecule has 0 bridgehead atoms. The molecule has 0 radical (unpaired) electrons. The average Bonchev–Trinajstić information content (AvgIpc) is 2.87. The fraction of sp³-hybridized carbons (Fsp3) is 0.567. The van der Waals surface area contributed by atoms with Crippen molar-refractivity contribution in [3.63, 3.8) is 0 Å². The lowest BCUT2D eigenvalue weighted by molar-refractivity contribution is -0.271. The van der Waals surface area contributed by atoms with Crippen LogP contribution in [0.3, 0.4) is 0 Å². The standard InChI is InChI=1S/C30H43NO4/c1-4-5-6-7-8-10-13-25-16-18-26(19-17-25)20-21-30(23-34-29(2,3)35-24-30)31-28(32)33-22-27-14-11-9-12-15-27/h9,11-12,14-19H,4-8,10,13,20-24H2,1-3H3,(H,31,32). The van der Waals surface area contributed by atoms with E-state index in [-0.39, 0.29) is 6.61 Å². The minimum atomic E-state index is -0.655. The largest absolute Gasteiger partial charge is 0.445 e. The Balaban J connectivity index is 1.50. The van der Waals surface area contributed by atoms with Crippen LogP contribution < -0.4 is 5.32 Å². The number of benzene rings is 2. The van der Waals surface area contributed by atoms with Crippen molar-refractivity contribution in [2.24, 2.45) is 0 Å². The Morgan fingerprint density at radius 2 is 1.43 bits per heavy atom. The van der Waals surface area contributed by atoms with E-state index in [9.17, 15) is 4.79 Å². The first-order valence-corrected chi connectivity index (χ1v) is 13.2. The summed E-state index contributed by atoms with van der Waals surface area (Å²) in [6.07, 6.45) is 10.1. The van der Waals surface area contributed by atoms with E-state index in [1.807, 2.05) is 44.2 Å². The van der Waals surface area contributed by atoms with Gasteiger partial charge in [0.15, 0.2) is 5.79 Å². The van der Waals surface area contributed by atoms with Crippen molar-refractivity contribution < 1.29 is 19.0 Å². The first kappa shape index (κ1) is 27.2. The molecule has 0 aromatic heterocycles. The van der Waals surface area contributed by atoms with Crippen molar-refractivity contribution >= 4 is 6.09 Å². The Morgan fingerprint density at radius 3 is 2.09 bits per heavy atom. The summed E-state index contributed by atoms with van der Waals surface area (Å²) in [6, 6.07) is 18.6. The molecule has 1 heterocycles. The molecule has 5 heteroatoms. The molecule has 2 aromatic rings. The van der Waals surface area contributed by atoms with Crippen molar-refractivity contribution in [1.29, 1.82) is 0 Å². The molecule has 0 spiro atoms. The van der Waals surface area contributed by atoms with E-state index in [2.05, 4.69) is 36.5 Å². The molecule has 0 saturated carbocycles. The lowest BCUT2D eigenvalue weighted by Crippen LogP contribution is -2.61. The highest BCUT2D eigenvalue weighted by Crippen LogP contribution is 2.27. The zero-order valence-corrected chi connectivity index (χ0v) is 21.8. The van der Waals surface area contributed by atoms with Gasteiger partial charge in [-0.15, -0.1) is 0 Å². The van der Waals surface area contributed by atoms with Crippen molar-refractivity contribution in [1.82, 2.24) is 5.32 Å². The number of alkyl carbamates (subject to hydrolysis) is 1. The van der Waals surface area contributed by atoms with Crippen molar-refractivity contribution in [3.05, 3.63) is 71.3 Å². The fourth-order valence-corrected chi connectivity index (χ4v) is 4.33. The van der Waals surface area contributed by atoms with Crippen molar-refractivity contribution in [2.45, 2.75) is 96.5 Å². The van der Waals surface area contributed by atoms with Crippen LogP contribution in [-0.2, 0) is 33.7 Å². The van der Waals surface area contributed by atoms with Crippen LogP contribution in [0.25, 0.3) is 0 Å². The Kier molecular flexibility index (Phi) is 10.6. The smallest absolute Gasteiger partial charge is 0.408 e. The number of aryl methyl sites for hydroxylation is 2. The van der Waals surface area contributed by atoms with Gasteiger partial charge in [0.2, 0.25) is 0 Å². The summed E-state index contributed by atoms with van der Waals surface area (Å²) >= 11 is 0. The number of unbranched alkanes of at least 4 members (excludes halogenated alkanes) is 5. The molecule has 5 nitrogen and oxygen atoms in total. The van der Waals surface area contributed by atoms with E-state index < -0.39 is 17.4 Å². The molecule has 2 aromatic carbocycles. The quantitative estimate of drug-likeness (QED) is 0.314. The maximum atomic E-state index is 12.6. The van der Waals surface area contributed by atoms with Gasteiger partial charge in [-0.2, -0.15) is 0 Å². The normalized spacial score (nSPS) is 16.5. The van der Waals surface area contributed by atoms with Gasteiger partial charge in [-0.25, -0.2) is 4.79 Å². The van der Waals surface area contributed by atoms with Crippen LogP contribution >= 0.6 is 0 Å². The van der Waals surface area contributed by atoms with Gasteiger partial charge in [-0.05, 0) is 56.2 Å². The monoisotopic (exact) mass is 481 g/mol. The lowest BCUT2D eigenvalue weighted by Gasteiger charge is -2.43. The van der Waals surface area contributed by atoms with Gasteiger partial charge in [0.1, 0.15) is 6.61 Å². The zero-order chi connectivity index (χ0) is 25.0. The van der Waals surface area contributed by atoms with Gasteiger partial charge in [0.05, 0.1) is 18.8 Å². The summed E-state index contributed by atoms with van der Waals surface area (Å²) in [5.74, 6) is -0.655. The highest BCUT2D eigenvalue weighted by molar-refractivity contribution is 5.68. The minimum absolute atomic E-state index is 0.232. The summed E-state index contributed by atoms with van der Waals surface area (Å²) in [6.45, 7) is 7.05. The molecule has 1 aliphatic heterocycles. The minimum Gasteiger partial charge on any atom is -0.445 e. The number of nitrogens with one attached hydrogen (secondary N) is 1. The molecule has 0 aliphatic carbocycles. The Morgan fingerprint density at radius 1 is 0.829 bits per heavy atom. The highest BCUT2D eigenvalue weighted by atomic mass is 16.7. The summed E-state index contributed by atoms with van der Waals surface area (Å²) < 4.78 is 17.4. The van der Waals surface area contributed by atoms with Crippen molar-refractivity contribution in [2.75, 3.05) is 13.2 Å². The van der Waals surface area contributed by atoms with Crippen LogP contribution in [0.5, 0.6) is 0 Å². The van der Waals surface area contributed by atoms with Gasteiger partial charge in [-0.3, -0.25) is 0 Å². The van der Waals surface area contributed by atoms with Gasteiger partial charge in [0.25, 0.3) is 0 Å². The lowest BCUT2D eigenvalue weighted by atomic mass is 9.91. The van der Waals surface area contributed by atoms with E-state index >= 15 is 0 Å². The van der Waals surface area contributed by atoms with Gasteiger partial charge in [0, 0.05) is 0 Å². The molecule has 3 rings (SSSR count). The van der Waals surface area contributed by atoms with Crippen LogP contribution in [0.15, 0.2) is 54.6 Å². The second-order valence-corrected chi connectivity index (χ2v) is 10.3. The van der Waals surface area contributed by atoms with E-state index in [0.29, 0.717) is 19.6 Å². The van der Waals surface area contributed by atoms with Crippen LogP contribution in [0.2, 0.25) is 0 Å². The molecular weight excluding hydrogens is 438 g/mol. The fourth-order valence-electron chi connectivity index (χ4n) is 4.33. The predicted octanol–water partition coefficient (Wildman–Crippen LogP) is 6.97. The molecular formula is C30H43NO4. The predicted molar refractivity (Wildman–Crippen MR) is 140 cm³/mol. The second-order valence-electron chi connectivity index (χ2n) is 10.3.